The molecule has 2 rings (SSSR count). The number of fused-ring (bicyclic) bond motifs is 2. The molecule has 22 heavy (non-hydrogen) atoms. The minimum absolute atomic E-state index is 0.0444. The second-order valence-electron chi connectivity index (χ2n) is 8.01. The van der Waals surface area contributed by atoms with Crippen molar-refractivity contribution in [3.8, 4) is 0 Å². The van der Waals surface area contributed by atoms with E-state index in [1.165, 1.54) is 6.92 Å². The van der Waals surface area contributed by atoms with Gasteiger partial charge in [-0.05, 0) is 31.6 Å². The first-order valence-corrected chi connectivity index (χ1v) is 7.91. The van der Waals surface area contributed by atoms with Crippen molar-refractivity contribution in [1.29, 1.82) is 0 Å². The standard InChI is InChI=1S/C18H26O4/c1-9(2)12(19)18-8-10(3)16(5,6)17(7,15(18)22)13(20)11(4)14(18)21/h9-10,20H,8H2,1-7H3. The highest BCUT2D eigenvalue weighted by molar-refractivity contribution is 6.32. The van der Waals surface area contributed by atoms with Crippen LogP contribution in [0.2, 0.25) is 0 Å². The summed E-state index contributed by atoms with van der Waals surface area (Å²) in [6.07, 6.45) is 0.231. The first kappa shape index (κ1) is 16.9. The lowest BCUT2D eigenvalue weighted by atomic mass is 9.42. The highest BCUT2D eigenvalue weighted by Gasteiger charge is 2.71. The normalized spacial score (nSPS) is 37.7. The number of ketones is 3. The van der Waals surface area contributed by atoms with Gasteiger partial charge in [-0.1, -0.05) is 34.6 Å². The van der Waals surface area contributed by atoms with Gasteiger partial charge < -0.3 is 5.11 Å². The summed E-state index contributed by atoms with van der Waals surface area (Å²) in [6.45, 7) is 12.4. The molecule has 1 saturated carbocycles. The highest BCUT2D eigenvalue weighted by Crippen LogP contribution is 2.63. The molecule has 1 N–H and O–H groups in total. The molecular formula is C18H26O4. The Morgan fingerprint density at radius 1 is 1.23 bits per heavy atom. The van der Waals surface area contributed by atoms with Crippen LogP contribution in [0.25, 0.3) is 0 Å². The molecule has 0 spiro atoms. The quantitative estimate of drug-likeness (QED) is 0.795. The molecule has 3 atom stereocenters. The van der Waals surface area contributed by atoms with Crippen molar-refractivity contribution in [3.05, 3.63) is 11.3 Å². The second-order valence-corrected chi connectivity index (χ2v) is 8.01. The maximum absolute atomic E-state index is 13.3. The lowest BCUT2D eigenvalue weighted by Crippen LogP contribution is -2.67. The average molecular weight is 306 g/mol. The number of aliphatic hydroxyl groups is 1. The van der Waals surface area contributed by atoms with Crippen LogP contribution in [0.3, 0.4) is 0 Å². The van der Waals surface area contributed by atoms with Gasteiger partial charge in [-0.2, -0.15) is 0 Å². The molecule has 0 aliphatic heterocycles. The third-order valence-corrected chi connectivity index (χ3v) is 6.48. The van der Waals surface area contributed by atoms with E-state index >= 15 is 0 Å². The second kappa shape index (κ2) is 4.53. The number of Topliss-reactive ketones (excluding diaryl/α,β-unsaturated/α-hetero) is 3. The number of rotatable bonds is 2. The number of carbonyl (C=O) groups excluding carboxylic acids is 3. The van der Waals surface area contributed by atoms with Gasteiger partial charge in [0, 0.05) is 11.5 Å². The number of hydrogen-bond donors (Lipinski definition) is 1. The van der Waals surface area contributed by atoms with Crippen LogP contribution < -0.4 is 0 Å². The minimum atomic E-state index is -1.62. The summed E-state index contributed by atoms with van der Waals surface area (Å²) in [5.41, 5.74) is -3.19. The van der Waals surface area contributed by atoms with Crippen molar-refractivity contribution in [1.82, 2.24) is 0 Å². The fraction of sp³-hybridized carbons (Fsp3) is 0.722. The average Bonchev–Trinajstić information content (AvgIpc) is 2.45. The van der Waals surface area contributed by atoms with E-state index in [0.717, 1.165) is 0 Å². The molecule has 2 aliphatic carbocycles. The van der Waals surface area contributed by atoms with E-state index < -0.39 is 33.7 Å². The van der Waals surface area contributed by atoms with Gasteiger partial charge in [-0.25, -0.2) is 0 Å². The molecule has 3 unspecified atom stereocenters. The van der Waals surface area contributed by atoms with Crippen LogP contribution in [0.1, 0.15) is 54.9 Å². The number of allylic oxidation sites excluding steroid dienone is 2. The maximum Gasteiger partial charge on any atom is 0.183 e. The third kappa shape index (κ3) is 1.56. The highest BCUT2D eigenvalue weighted by atomic mass is 16.3. The molecule has 0 aromatic rings. The zero-order chi connectivity index (χ0) is 17.2. The van der Waals surface area contributed by atoms with Gasteiger partial charge in [-0.15, -0.1) is 0 Å². The SMILES string of the molecule is CC1=C(O)C2(C)C(=O)C(C(=O)C(C)C)(CC(C)C2(C)C)C1=O. The largest absolute Gasteiger partial charge is 0.511 e. The summed E-state index contributed by atoms with van der Waals surface area (Å²) < 4.78 is 0. The van der Waals surface area contributed by atoms with Crippen LogP contribution >= 0.6 is 0 Å². The summed E-state index contributed by atoms with van der Waals surface area (Å²) in [5.74, 6) is -1.85. The monoisotopic (exact) mass is 306 g/mol. The van der Waals surface area contributed by atoms with Crippen LogP contribution in [0.15, 0.2) is 11.3 Å². The first-order chi connectivity index (χ1) is 9.86. The van der Waals surface area contributed by atoms with E-state index in [4.69, 9.17) is 0 Å². The van der Waals surface area contributed by atoms with Crippen LogP contribution in [0, 0.1) is 28.1 Å². The van der Waals surface area contributed by atoms with Crippen molar-refractivity contribution in [3.63, 3.8) is 0 Å². The Hall–Kier alpha value is -1.45. The Balaban J connectivity index is 2.87. The molecule has 0 heterocycles. The Kier molecular flexibility index (Phi) is 3.48. The summed E-state index contributed by atoms with van der Waals surface area (Å²) in [5, 5.41) is 10.6. The number of aliphatic hydroxyl groups excluding tert-OH is 1. The van der Waals surface area contributed by atoms with E-state index in [-0.39, 0.29) is 29.5 Å². The maximum atomic E-state index is 13.3. The van der Waals surface area contributed by atoms with E-state index in [0.29, 0.717) is 0 Å². The van der Waals surface area contributed by atoms with Gasteiger partial charge in [0.1, 0.15) is 5.76 Å². The first-order valence-electron chi connectivity index (χ1n) is 7.91. The van der Waals surface area contributed by atoms with E-state index in [9.17, 15) is 19.5 Å². The third-order valence-electron chi connectivity index (χ3n) is 6.48. The molecule has 0 saturated heterocycles. The Morgan fingerprint density at radius 2 is 1.73 bits per heavy atom. The van der Waals surface area contributed by atoms with Gasteiger partial charge in [0.15, 0.2) is 22.8 Å². The molecule has 0 radical (unpaired) electrons. The molecule has 1 fully saturated rings. The van der Waals surface area contributed by atoms with Crippen molar-refractivity contribution < 1.29 is 19.5 Å². The van der Waals surface area contributed by atoms with Crippen LogP contribution in [-0.4, -0.2) is 22.5 Å². The Morgan fingerprint density at radius 3 is 2.18 bits per heavy atom. The minimum Gasteiger partial charge on any atom is -0.511 e. The predicted octanol–water partition coefficient (Wildman–Crippen LogP) is 3.25. The topological polar surface area (TPSA) is 71.4 Å². The van der Waals surface area contributed by atoms with Gasteiger partial charge in [0.2, 0.25) is 0 Å². The number of carbonyl (C=O) groups is 3. The van der Waals surface area contributed by atoms with Crippen molar-refractivity contribution in [2.45, 2.75) is 54.9 Å². The smallest absolute Gasteiger partial charge is 0.183 e. The molecule has 2 aliphatic rings. The van der Waals surface area contributed by atoms with Crippen LogP contribution in [-0.2, 0) is 14.4 Å². The lowest BCUT2D eigenvalue weighted by molar-refractivity contribution is -0.172. The zero-order valence-electron chi connectivity index (χ0n) is 14.5. The molecule has 0 amide bonds. The van der Waals surface area contributed by atoms with Gasteiger partial charge in [0.05, 0.1) is 5.41 Å². The van der Waals surface area contributed by atoms with E-state index in [1.807, 2.05) is 20.8 Å². The van der Waals surface area contributed by atoms with Crippen molar-refractivity contribution in [2.75, 3.05) is 0 Å². The summed E-state index contributed by atoms with van der Waals surface area (Å²) in [7, 11) is 0. The Labute approximate surface area is 132 Å². The van der Waals surface area contributed by atoms with Crippen LogP contribution in [0.4, 0.5) is 0 Å². The predicted molar refractivity (Wildman–Crippen MR) is 83.3 cm³/mol. The lowest BCUT2D eigenvalue weighted by Gasteiger charge is -2.58. The summed E-state index contributed by atoms with van der Waals surface area (Å²) >= 11 is 0. The van der Waals surface area contributed by atoms with E-state index in [2.05, 4.69) is 0 Å². The molecule has 4 heteroatoms. The fourth-order valence-corrected chi connectivity index (χ4v) is 4.25. The fourth-order valence-electron chi connectivity index (χ4n) is 4.25. The molecule has 0 aromatic heterocycles. The molecule has 4 nitrogen and oxygen atoms in total. The molecule has 122 valence electrons. The summed E-state index contributed by atoms with van der Waals surface area (Å²) in [4.78, 5) is 39.0. The molecule has 0 aromatic carbocycles. The van der Waals surface area contributed by atoms with Crippen LogP contribution in [0.5, 0.6) is 0 Å². The molecule has 2 bridgehead atoms. The van der Waals surface area contributed by atoms with Crippen molar-refractivity contribution in [2.24, 2.45) is 28.1 Å². The number of hydrogen-bond acceptors (Lipinski definition) is 4. The van der Waals surface area contributed by atoms with Gasteiger partial charge in [-0.3, -0.25) is 14.4 Å². The summed E-state index contributed by atoms with van der Waals surface area (Å²) in [6, 6.07) is 0. The molecular weight excluding hydrogens is 280 g/mol. The van der Waals surface area contributed by atoms with E-state index in [1.54, 1.807) is 20.8 Å². The van der Waals surface area contributed by atoms with Gasteiger partial charge in [0.25, 0.3) is 0 Å². The van der Waals surface area contributed by atoms with Gasteiger partial charge >= 0.3 is 0 Å². The Bertz CT molecular complexity index is 611. The van der Waals surface area contributed by atoms with Crippen molar-refractivity contribution >= 4 is 17.3 Å². The zero-order valence-corrected chi connectivity index (χ0v) is 14.5.